The molecule has 2 heterocycles. The lowest BCUT2D eigenvalue weighted by Gasteiger charge is -2.36. The van der Waals surface area contributed by atoms with Crippen molar-refractivity contribution >= 4 is 11.8 Å². The van der Waals surface area contributed by atoms with Gasteiger partial charge in [0.1, 0.15) is 22.9 Å². The number of aryl methyl sites for hydroxylation is 1. The molecule has 1 aromatic carbocycles. The van der Waals surface area contributed by atoms with E-state index in [1.54, 1.807) is 6.92 Å². The Balaban J connectivity index is 1.72. The largest absolute Gasteiger partial charge is 0.361 e. The third-order valence-corrected chi connectivity index (χ3v) is 4.56. The Labute approximate surface area is 154 Å². The number of piperidine rings is 1. The van der Waals surface area contributed by atoms with Gasteiger partial charge in [0.15, 0.2) is 5.69 Å². The van der Waals surface area contributed by atoms with Crippen LogP contribution >= 0.6 is 0 Å². The first-order valence-electron chi connectivity index (χ1n) is 8.58. The number of hydrogen-bond donors (Lipinski definition) is 3. The Hall–Kier alpha value is -2.81. The molecule has 0 bridgehead atoms. The van der Waals surface area contributed by atoms with Crippen molar-refractivity contribution in [1.29, 1.82) is 0 Å². The van der Waals surface area contributed by atoms with Crippen molar-refractivity contribution in [3.05, 3.63) is 52.9 Å². The molecule has 9 heteroatoms. The number of nitrogens with zero attached hydrogens (tertiary/aromatic N) is 1. The van der Waals surface area contributed by atoms with E-state index in [4.69, 9.17) is 4.52 Å². The van der Waals surface area contributed by atoms with Crippen LogP contribution < -0.4 is 16.0 Å². The molecule has 3 N–H and O–H groups in total. The quantitative estimate of drug-likeness (QED) is 0.732. The lowest BCUT2D eigenvalue weighted by molar-refractivity contribution is -0.128. The second kappa shape index (κ2) is 7.83. The van der Waals surface area contributed by atoms with Gasteiger partial charge in [-0.3, -0.25) is 9.59 Å². The molecule has 1 aliphatic rings. The number of rotatable bonds is 5. The molecule has 1 aromatic heterocycles. The topological polar surface area (TPSA) is 96.3 Å². The summed E-state index contributed by atoms with van der Waals surface area (Å²) in [6, 6.07) is 4.64. The van der Waals surface area contributed by atoms with Crippen molar-refractivity contribution in [1.82, 2.24) is 21.1 Å². The zero-order valence-electron chi connectivity index (χ0n) is 14.8. The van der Waals surface area contributed by atoms with Crippen molar-refractivity contribution in [3.8, 4) is 0 Å². The minimum absolute atomic E-state index is 0.0859. The monoisotopic (exact) mass is 378 g/mol. The summed E-state index contributed by atoms with van der Waals surface area (Å²) in [5, 5.41) is 12.2. The zero-order valence-corrected chi connectivity index (χ0v) is 14.8. The Morgan fingerprint density at radius 1 is 1.26 bits per heavy atom. The van der Waals surface area contributed by atoms with Gasteiger partial charge in [-0.05, 0) is 38.9 Å². The van der Waals surface area contributed by atoms with Gasteiger partial charge in [-0.15, -0.1) is 0 Å². The van der Waals surface area contributed by atoms with E-state index in [0.717, 1.165) is 12.1 Å². The number of aromatic nitrogens is 1. The molecule has 3 rings (SSSR count). The number of nitrogens with one attached hydrogen (secondary N) is 3. The molecule has 1 saturated heterocycles. The van der Waals surface area contributed by atoms with Crippen LogP contribution in [0.15, 0.2) is 28.8 Å². The molecule has 1 fully saturated rings. The number of carbonyl (C=O) groups excluding carboxylic acids is 2. The third kappa shape index (κ3) is 4.30. The molecule has 0 atom stereocenters. The van der Waals surface area contributed by atoms with Crippen LogP contribution in [0.25, 0.3) is 0 Å². The van der Waals surface area contributed by atoms with Crippen molar-refractivity contribution in [3.63, 3.8) is 0 Å². The fourth-order valence-corrected chi connectivity index (χ4v) is 3.03. The normalized spacial score (nSPS) is 16.0. The first-order chi connectivity index (χ1) is 12.9. The smallest absolute Gasteiger partial charge is 0.274 e. The third-order valence-electron chi connectivity index (χ3n) is 4.56. The van der Waals surface area contributed by atoms with Gasteiger partial charge in [0.05, 0.1) is 0 Å². The minimum Gasteiger partial charge on any atom is -0.361 e. The maximum atomic E-state index is 13.8. The summed E-state index contributed by atoms with van der Waals surface area (Å²) in [4.78, 5) is 25.3. The standard InChI is InChI=1S/C18H20F2N4O3/c1-11-8-15(24-27-11)16(25)23-18(4-6-21-7-5-18)17(26)22-10-12-2-3-13(19)9-14(12)20/h2-3,8-9,21H,4-7,10H2,1H3,(H,22,26)(H,23,25). The van der Waals surface area contributed by atoms with Crippen molar-refractivity contribution in [2.24, 2.45) is 0 Å². The van der Waals surface area contributed by atoms with Crippen LogP contribution in [0, 0.1) is 18.6 Å². The number of hydrogen-bond acceptors (Lipinski definition) is 5. The summed E-state index contributed by atoms with van der Waals surface area (Å²) in [5.41, 5.74) is -0.902. The lowest BCUT2D eigenvalue weighted by Crippen LogP contribution is -2.62. The molecule has 144 valence electrons. The number of carbonyl (C=O) groups is 2. The van der Waals surface area contributed by atoms with E-state index in [-0.39, 0.29) is 17.8 Å². The average molecular weight is 378 g/mol. The molecule has 0 aliphatic carbocycles. The maximum Gasteiger partial charge on any atom is 0.274 e. The Kier molecular flexibility index (Phi) is 5.50. The number of benzene rings is 1. The predicted molar refractivity (Wildman–Crippen MR) is 91.7 cm³/mol. The first kappa shape index (κ1) is 19.0. The van der Waals surface area contributed by atoms with Gasteiger partial charge in [-0.1, -0.05) is 11.2 Å². The van der Waals surface area contributed by atoms with Gasteiger partial charge in [0.25, 0.3) is 5.91 Å². The second-order valence-electron chi connectivity index (χ2n) is 6.53. The highest BCUT2D eigenvalue weighted by molar-refractivity contribution is 5.98. The fourth-order valence-electron chi connectivity index (χ4n) is 3.03. The molecule has 0 saturated carbocycles. The maximum absolute atomic E-state index is 13.8. The first-order valence-corrected chi connectivity index (χ1v) is 8.58. The van der Waals surface area contributed by atoms with Crippen LogP contribution in [0.3, 0.4) is 0 Å². The highest BCUT2D eigenvalue weighted by atomic mass is 19.1. The highest BCUT2D eigenvalue weighted by Crippen LogP contribution is 2.20. The molecule has 2 aromatic rings. The number of halogens is 2. The molecular weight excluding hydrogens is 358 g/mol. The SMILES string of the molecule is Cc1cc(C(=O)NC2(C(=O)NCc3ccc(F)cc3F)CCNCC2)no1. The molecule has 0 radical (unpaired) electrons. The predicted octanol–water partition coefficient (Wildman–Crippen LogP) is 1.43. The van der Waals surface area contributed by atoms with Crippen LogP contribution in [0.1, 0.15) is 34.7 Å². The molecule has 0 unspecified atom stereocenters. The minimum atomic E-state index is -1.15. The molecule has 27 heavy (non-hydrogen) atoms. The highest BCUT2D eigenvalue weighted by Gasteiger charge is 2.41. The van der Waals surface area contributed by atoms with Gasteiger partial charge < -0.3 is 20.5 Å². The van der Waals surface area contributed by atoms with E-state index in [0.29, 0.717) is 31.7 Å². The zero-order chi connectivity index (χ0) is 19.4. The summed E-state index contributed by atoms with van der Waals surface area (Å²) in [5.74, 6) is -1.89. The Morgan fingerprint density at radius 3 is 2.63 bits per heavy atom. The van der Waals surface area contributed by atoms with E-state index in [1.165, 1.54) is 12.1 Å². The molecule has 2 amide bonds. The van der Waals surface area contributed by atoms with E-state index in [2.05, 4.69) is 21.1 Å². The second-order valence-corrected chi connectivity index (χ2v) is 6.53. The summed E-state index contributed by atoms with van der Waals surface area (Å²) in [7, 11) is 0. The van der Waals surface area contributed by atoms with Crippen LogP contribution in [0.5, 0.6) is 0 Å². The van der Waals surface area contributed by atoms with Crippen LogP contribution in [0.4, 0.5) is 8.78 Å². The summed E-state index contributed by atoms with van der Waals surface area (Å²) in [6.07, 6.45) is 0.737. The molecular formula is C18H20F2N4O3. The van der Waals surface area contributed by atoms with Gasteiger partial charge in [0.2, 0.25) is 5.91 Å². The summed E-state index contributed by atoms with van der Waals surface area (Å²) in [6.45, 7) is 2.62. The van der Waals surface area contributed by atoms with Gasteiger partial charge in [-0.2, -0.15) is 0 Å². The summed E-state index contributed by atoms with van der Waals surface area (Å²) < 4.78 is 31.7. The van der Waals surface area contributed by atoms with Crippen molar-refractivity contribution < 1.29 is 22.9 Å². The molecule has 1 aliphatic heterocycles. The average Bonchev–Trinajstić information content (AvgIpc) is 3.08. The fraction of sp³-hybridized carbons (Fsp3) is 0.389. The van der Waals surface area contributed by atoms with Crippen LogP contribution in [-0.4, -0.2) is 35.6 Å². The Bertz CT molecular complexity index is 847. The van der Waals surface area contributed by atoms with Gasteiger partial charge in [-0.25, -0.2) is 8.78 Å². The van der Waals surface area contributed by atoms with Crippen LogP contribution in [-0.2, 0) is 11.3 Å². The van der Waals surface area contributed by atoms with E-state index in [9.17, 15) is 18.4 Å². The van der Waals surface area contributed by atoms with Gasteiger partial charge in [0, 0.05) is 24.2 Å². The van der Waals surface area contributed by atoms with Gasteiger partial charge >= 0.3 is 0 Å². The lowest BCUT2D eigenvalue weighted by atomic mass is 9.87. The van der Waals surface area contributed by atoms with Crippen LogP contribution in [0.2, 0.25) is 0 Å². The molecule has 0 spiro atoms. The van der Waals surface area contributed by atoms with Crippen molar-refractivity contribution in [2.45, 2.75) is 31.8 Å². The van der Waals surface area contributed by atoms with E-state index < -0.39 is 29.0 Å². The van der Waals surface area contributed by atoms with Crippen molar-refractivity contribution in [2.75, 3.05) is 13.1 Å². The van der Waals surface area contributed by atoms with E-state index >= 15 is 0 Å². The summed E-state index contributed by atoms with van der Waals surface area (Å²) >= 11 is 0. The Morgan fingerprint density at radius 2 is 2.00 bits per heavy atom. The number of amides is 2. The van der Waals surface area contributed by atoms with E-state index in [1.807, 2.05) is 0 Å². The molecule has 7 nitrogen and oxygen atoms in total.